The topological polar surface area (TPSA) is 87.7 Å². The summed E-state index contributed by atoms with van der Waals surface area (Å²) in [5.74, 6) is -0.177. The third-order valence-electron chi connectivity index (χ3n) is 4.23. The monoisotopic (exact) mass is 347 g/mol. The van der Waals surface area contributed by atoms with Crippen molar-refractivity contribution in [2.45, 2.75) is 12.8 Å². The van der Waals surface area contributed by atoms with E-state index in [4.69, 9.17) is 4.74 Å². The largest absolute Gasteiger partial charge is 0.383 e. The Morgan fingerprint density at radius 1 is 1.16 bits per heavy atom. The summed E-state index contributed by atoms with van der Waals surface area (Å²) < 4.78 is 4.82. The van der Waals surface area contributed by atoms with Crippen LogP contribution < -0.4 is 10.6 Å². The van der Waals surface area contributed by atoms with Gasteiger partial charge in [-0.2, -0.15) is 0 Å². The Morgan fingerprint density at radius 3 is 2.48 bits per heavy atom. The third-order valence-corrected chi connectivity index (χ3v) is 4.23. The maximum atomic E-state index is 12.4. The number of likely N-dealkylation sites (tertiary alicyclic amines) is 1. The molecule has 0 aliphatic carbocycles. The number of urea groups is 1. The molecule has 0 atom stereocenters. The van der Waals surface area contributed by atoms with Gasteiger partial charge in [-0.3, -0.25) is 19.8 Å². The fraction of sp³-hybridized carbons (Fsp3) is 0.500. The van der Waals surface area contributed by atoms with E-state index in [-0.39, 0.29) is 24.2 Å². The molecule has 1 aromatic rings. The molecular weight excluding hydrogens is 322 g/mol. The van der Waals surface area contributed by atoms with Gasteiger partial charge in [0, 0.05) is 25.1 Å². The maximum Gasteiger partial charge on any atom is 0.321 e. The van der Waals surface area contributed by atoms with Gasteiger partial charge in [0.05, 0.1) is 13.2 Å². The molecule has 7 nitrogen and oxygen atoms in total. The minimum atomic E-state index is -0.517. The zero-order valence-corrected chi connectivity index (χ0v) is 14.5. The van der Waals surface area contributed by atoms with Crippen molar-refractivity contribution in [3.63, 3.8) is 0 Å². The van der Waals surface area contributed by atoms with Gasteiger partial charge in [-0.25, -0.2) is 4.79 Å². The van der Waals surface area contributed by atoms with Crippen LogP contribution in [0.15, 0.2) is 30.3 Å². The van der Waals surface area contributed by atoms with E-state index in [9.17, 15) is 14.4 Å². The van der Waals surface area contributed by atoms with E-state index in [1.807, 2.05) is 35.2 Å². The van der Waals surface area contributed by atoms with Gasteiger partial charge in [-0.1, -0.05) is 30.3 Å². The van der Waals surface area contributed by atoms with Crippen LogP contribution in [-0.2, 0) is 9.53 Å². The van der Waals surface area contributed by atoms with Crippen LogP contribution >= 0.6 is 0 Å². The van der Waals surface area contributed by atoms with Crippen LogP contribution in [0, 0.1) is 5.92 Å². The molecule has 1 aliphatic heterocycles. The molecule has 0 spiro atoms. The Hall–Kier alpha value is -2.25. The molecular formula is C18H25N3O4. The average Bonchev–Trinajstić information content (AvgIpc) is 2.62. The summed E-state index contributed by atoms with van der Waals surface area (Å²) in [6.07, 6.45) is 1.45. The van der Waals surface area contributed by atoms with E-state index >= 15 is 0 Å². The van der Waals surface area contributed by atoms with E-state index < -0.39 is 6.03 Å². The number of nitrogens with zero attached hydrogens (tertiary/aromatic N) is 1. The second-order valence-corrected chi connectivity index (χ2v) is 6.08. The number of rotatable bonds is 7. The standard InChI is InChI=1S/C18H25N3O4/c1-25-12-9-19-18(24)20-16(22)13-21-10-7-15(8-11-21)17(23)14-5-3-2-4-6-14/h2-6,15H,7-13H2,1H3,(H2,19,20,22,24). The molecule has 0 radical (unpaired) electrons. The molecule has 2 N–H and O–H groups in total. The molecule has 7 heteroatoms. The summed E-state index contributed by atoms with van der Waals surface area (Å²) >= 11 is 0. The molecule has 2 rings (SSSR count). The van der Waals surface area contributed by atoms with E-state index in [2.05, 4.69) is 10.6 Å². The normalized spacial score (nSPS) is 15.6. The number of carbonyl (C=O) groups excluding carboxylic acids is 3. The highest BCUT2D eigenvalue weighted by molar-refractivity contribution is 5.98. The second-order valence-electron chi connectivity index (χ2n) is 6.08. The van der Waals surface area contributed by atoms with Crippen LogP contribution in [0.5, 0.6) is 0 Å². The molecule has 1 heterocycles. The number of methoxy groups -OCH3 is 1. The predicted molar refractivity (Wildman–Crippen MR) is 93.4 cm³/mol. The molecule has 0 bridgehead atoms. The number of piperidine rings is 1. The highest BCUT2D eigenvalue weighted by atomic mass is 16.5. The van der Waals surface area contributed by atoms with Crippen LogP contribution in [0.3, 0.4) is 0 Å². The number of ketones is 1. The summed E-state index contributed by atoms with van der Waals surface area (Å²) in [5, 5.41) is 4.83. The van der Waals surface area contributed by atoms with Crippen molar-refractivity contribution in [3.8, 4) is 0 Å². The van der Waals surface area contributed by atoms with Gasteiger partial charge in [-0.15, -0.1) is 0 Å². The SMILES string of the molecule is COCCNC(=O)NC(=O)CN1CCC(C(=O)c2ccccc2)CC1. The van der Waals surface area contributed by atoms with Crippen molar-refractivity contribution >= 4 is 17.7 Å². The van der Waals surface area contributed by atoms with Gasteiger partial charge in [0.2, 0.25) is 5.91 Å². The first-order valence-corrected chi connectivity index (χ1v) is 8.48. The van der Waals surface area contributed by atoms with Crippen molar-refractivity contribution in [3.05, 3.63) is 35.9 Å². The van der Waals surface area contributed by atoms with Crippen molar-refractivity contribution in [2.75, 3.05) is 39.9 Å². The van der Waals surface area contributed by atoms with E-state index in [1.165, 1.54) is 7.11 Å². The molecule has 0 unspecified atom stereocenters. The number of hydrogen-bond donors (Lipinski definition) is 2. The molecule has 1 fully saturated rings. The van der Waals surface area contributed by atoms with Crippen molar-refractivity contribution in [1.82, 2.24) is 15.5 Å². The highest BCUT2D eigenvalue weighted by Gasteiger charge is 2.26. The van der Waals surface area contributed by atoms with Crippen LogP contribution in [0.1, 0.15) is 23.2 Å². The van der Waals surface area contributed by atoms with E-state index in [1.54, 1.807) is 0 Å². The summed E-state index contributed by atoms with van der Waals surface area (Å²) in [5.41, 5.74) is 0.742. The zero-order chi connectivity index (χ0) is 18.1. The van der Waals surface area contributed by atoms with Crippen LogP contribution in [0.4, 0.5) is 4.79 Å². The third kappa shape index (κ3) is 6.28. The Bertz CT molecular complexity index is 583. The van der Waals surface area contributed by atoms with Crippen LogP contribution in [-0.4, -0.2) is 62.5 Å². The molecule has 3 amide bonds. The molecule has 0 saturated carbocycles. The van der Waals surface area contributed by atoms with Gasteiger partial charge >= 0.3 is 6.03 Å². The summed E-state index contributed by atoms with van der Waals surface area (Å²) in [6.45, 7) is 2.24. The number of hydrogen-bond acceptors (Lipinski definition) is 5. The predicted octanol–water partition coefficient (Wildman–Crippen LogP) is 1.05. The maximum absolute atomic E-state index is 12.4. The number of carbonyl (C=O) groups is 3. The number of amides is 3. The molecule has 25 heavy (non-hydrogen) atoms. The highest BCUT2D eigenvalue weighted by Crippen LogP contribution is 2.21. The molecule has 1 saturated heterocycles. The Balaban J connectivity index is 1.70. The van der Waals surface area contributed by atoms with Gasteiger partial charge in [-0.05, 0) is 25.9 Å². The fourth-order valence-electron chi connectivity index (χ4n) is 2.87. The van der Waals surface area contributed by atoms with Crippen molar-refractivity contribution in [2.24, 2.45) is 5.92 Å². The molecule has 136 valence electrons. The minimum Gasteiger partial charge on any atom is -0.383 e. The van der Waals surface area contributed by atoms with Crippen molar-refractivity contribution in [1.29, 1.82) is 0 Å². The smallest absolute Gasteiger partial charge is 0.321 e. The lowest BCUT2D eigenvalue weighted by molar-refractivity contribution is -0.121. The molecule has 0 aromatic heterocycles. The lowest BCUT2D eigenvalue weighted by Crippen LogP contribution is -2.47. The quantitative estimate of drug-likeness (QED) is 0.569. The average molecular weight is 347 g/mol. The van der Waals surface area contributed by atoms with Crippen LogP contribution in [0.25, 0.3) is 0 Å². The first-order chi connectivity index (χ1) is 12.1. The number of benzene rings is 1. The van der Waals surface area contributed by atoms with E-state index in [0.717, 1.165) is 18.4 Å². The van der Waals surface area contributed by atoms with Crippen molar-refractivity contribution < 1.29 is 19.1 Å². The summed E-state index contributed by atoms with van der Waals surface area (Å²) in [4.78, 5) is 37.8. The summed E-state index contributed by atoms with van der Waals surface area (Å²) in [6, 6.07) is 8.78. The summed E-state index contributed by atoms with van der Waals surface area (Å²) in [7, 11) is 1.54. The first kappa shape index (κ1) is 19.1. The van der Waals surface area contributed by atoms with Gasteiger partial charge in [0.25, 0.3) is 0 Å². The number of nitrogens with one attached hydrogen (secondary N) is 2. The van der Waals surface area contributed by atoms with Gasteiger partial charge < -0.3 is 10.1 Å². The molecule has 1 aliphatic rings. The molecule has 1 aromatic carbocycles. The van der Waals surface area contributed by atoms with E-state index in [0.29, 0.717) is 26.2 Å². The lowest BCUT2D eigenvalue weighted by Gasteiger charge is -2.30. The van der Waals surface area contributed by atoms with Crippen LogP contribution in [0.2, 0.25) is 0 Å². The van der Waals surface area contributed by atoms with Gasteiger partial charge in [0.15, 0.2) is 5.78 Å². The fourth-order valence-corrected chi connectivity index (χ4v) is 2.87. The Morgan fingerprint density at radius 2 is 1.84 bits per heavy atom. The number of Topliss-reactive ketones (excluding diaryl/α,β-unsaturated/α-hetero) is 1. The minimum absolute atomic E-state index is 0.000876. The first-order valence-electron chi connectivity index (χ1n) is 8.48. The number of imide groups is 1. The number of ether oxygens (including phenoxy) is 1. The zero-order valence-electron chi connectivity index (χ0n) is 14.5. The second kappa shape index (κ2) is 9.90. The Labute approximate surface area is 147 Å². The Kier molecular flexibility index (Phi) is 7.56. The van der Waals surface area contributed by atoms with Gasteiger partial charge in [0.1, 0.15) is 0 Å². The lowest BCUT2D eigenvalue weighted by atomic mass is 9.89.